The number of benzene rings is 2. The van der Waals surface area contributed by atoms with Crippen molar-refractivity contribution in [3.8, 4) is 11.1 Å². The van der Waals surface area contributed by atoms with Gasteiger partial charge in [0.25, 0.3) is 0 Å². The van der Waals surface area contributed by atoms with Crippen LogP contribution in [-0.4, -0.2) is 0 Å². The lowest BCUT2D eigenvalue weighted by atomic mass is 9.78. The van der Waals surface area contributed by atoms with Crippen molar-refractivity contribution in [2.45, 2.75) is 38.5 Å². The Kier molecular flexibility index (Phi) is 4.79. The van der Waals surface area contributed by atoms with Crippen molar-refractivity contribution in [1.82, 2.24) is 0 Å². The zero-order valence-corrected chi connectivity index (χ0v) is 13.8. The normalized spacial score (nSPS) is 20.8. The number of allylic oxidation sites excluding steroid dienone is 1. The van der Waals surface area contributed by atoms with Crippen LogP contribution in [0, 0.1) is 30.3 Å². The van der Waals surface area contributed by atoms with Gasteiger partial charge in [-0.05, 0) is 73.8 Å². The van der Waals surface area contributed by atoms with Crippen LogP contribution >= 0.6 is 0 Å². The Morgan fingerprint density at radius 1 is 0.917 bits per heavy atom. The van der Waals surface area contributed by atoms with E-state index in [1.807, 2.05) is 12.1 Å². The van der Waals surface area contributed by atoms with Gasteiger partial charge in [0.05, 0.1) is 0 Å². The summed E-state index contributed by atoms with van der Waals surface area (Å²) >= 11 is 0. The highest BCUT2D eigenvalue weighted by Crippen LogP contribution is 2.37. The summed E-state index contributed by atoms with van der Waals surface area (Å²) in [6, 6.07) is 7.41. The van der Waals surface area contributed by atoms with Gasteiger partial charge in [0, 0.05) is 11.1 Å². The summed E-state index contributed by atoms with van der Waals surface area (Å²) in [7, 11) is 0. The summed E-state index contributed by atoms with van der Waals surface area (Å²) < 4.78 is 42.0. The lowest BCUT2D eigenvalue weighted by Crippen LogP contribution is -2.11. The molecule has 0 nitrogen and oxygen atoms in total. The second kappa shape index (κ2) is 6.84. The minimum absolute atomic E-state index is 0.0465. The van der Waals surface area contributed by atoms with E-state index in [-0.39, 0.29) is 16.7 Å². The number of hydrogen-bond donors (Lipinski definition) is 0. The lowest BCUT2D eigenvalue weighted by molar-refractivity contribution is 0.375. The van der Waals surface area contributed by atoms with Gasteiger partial charge in [-0.25, -0.2) is 13.2 Å². The predicted octanol–water partition coefficient (Wildman–Crippen LogP) is 6.54. The fourth-order valence-electron chi connectivity index (χ4n) is 3.51. The van der Waals surface area contributed by atoms with Crippen LogP contribution in [0.5, 0.6) is 0 Å². The summed E-state index contributed by atoms with van der Waals surface area (Å²) in [6.07, 6.45) is 6.19. The van der Waals surface area contributed by atoms with Gasteiger partial charge in [0.1, 0.15) is 17.5 Å². The molecule has 0 heterocycles. The van der Waals surface area contributed by atoms with Crippen LogP contribution in [0.15, 0.2) is 43.0 Å². The fourth-order valence-corrected chi connectivity index (χ4v) is 3.51. The Bertz CT molecular complexity index is 733. The van der Waals surface area contributed by atoms with E-state index >= 15 is 0 Å². The summed E-state index contributed by atoms with van der Waals surface area (Å²) in [5.74, 6) is -0.839. The molecule has 1 aliphatic carbocycles. The molecular formula is C21H21F3. The van der Waals surface area contributed by atoms with Crippen molar-refractivity contribution in [2.75, 3.05) is 0 Å². The van der Waals surface area contributed by atoms with Crippen LogP contribution in [0.25, 0.3) is 11.1 Å². The molecule has 3 rings (SSSR count). The molecule has 126 valence electrons. The van der Waals surface area contributed by atoms with Crippen molar-refractivity contribution < 1.29 is 13.2 Å². The highest BCUT2D eigenvalue weighted by molar-refractivity contribution is 5.65. The predicted molar refractivity (Wildman–Crippen MR) is 91.4 cm³/mol. The minimum atomic E-state index is -0.656. The summed E-state index contributed by atoms with van der Waals surface area (Å²) in [5, 5.41) is 0. The van der Waals surface area contributed by atoms with Gasteiger partial charge in [-0.2, -0.15) is 0 Å². The van der Waals surface area contributed by atoms with E-state index in [4.69, 9.17) is 0 Å². The van der Waals surface area contributed by atoms with Crippen molar-refractivity contribution in [1.29, 1.82) is 0 Å². The molecule has 1 saturated carbocycles. The third kappa shape index (κ3) is 3.26. The molecule has 3 heteroatoms. The molecular weight excluding hydrogens is 309 g/mol. The zero-order chi connectivity index (χ0) is 17.3. The maximum absolute atomic E-state index is 14.5. The first-order valence-electron chi connectivity index (χ1n) is 8.37. The molecule has 1 fully saturated rings. The first-order chi connectivity index (χ1) is 11.5. The van der Waals surface area contributed by atoms with Crippen molar-refractivity contribution in [3.63, 3.8) is 0 Å². The third-order valence-electron chi connectivity index (χ3n) is 5.16. The van der Waals surface area contributed by atoms with E-state index < -0.39 is 17.5 Å². The second-order valence-corrected chi connectivity index (χ2v) is 6.65. The lowest BCUT2D eigenvalue weighted by Gasteiger charge is -2.27. The number of halogens is 3. The van der Waals surface area contributed by atoms with E-state index in [9.17, 15) is 13.2 Å². The van der Waals surface area contributed by atoms with Crippen LogP contribution in [0.4, 0.5) is 13.2 Å². The minimum Gasteiger partial charge on any atom is -0.207 e. The quantitative estimate of drug-likeness (QED) is 0.561. The SMILES string of the molecule is C=CC1CCC(c2ccc(-c3cc(F)c(C)c(F)c3)c(F)c2)CC1. The van der Waals surface area contributed by atoms with Crippen LogP contribution in [0.3, 0.4) is 0 Å². The average molecular weight is 330 g/mol. The molecule has 0 saturated heterocycles. The Morgan fingerprint density at radius 2 is 1.54 bits per heavy atom. The van der Waals surface area contributed by atoms with Gasteiger partial charge < -0.3 is 0 Å². The molecule has 0 amide bonds. The van der Waals surface area contributed by atoms with Crippen LogP contribution in [-0.2, 0) is 0 Å². The van der Waals surface area contributed by atoms with Crippen LogP contribution in [0.1, 0.15) is 42.7 Å². The molecule has 0 N–H and O–H groups in total. The maximum atomic E-state index is 14.5. The molecule has 0 spiro atoms. The van der Waals surface area contributed by atoms with E-state index in [2.05, 4.69) is 6.58 Å². The molecule has 2 aromatic rings. The van der Waals surface area contributed by atoms with E-state index in [0.29, 0.717) is 11.8 Å². The average Bonchev–Trinajstić information content (AvgIpc) is 2.59. The Balaban J connectivity index is 1.87. The first-order valence-corrected chi connectivity index (χ1v) is 8.37. The smallest absolute Gasteiger partial charge is 0.131 e. The monoisotopic (exact) mass is 330 g/mol. The van der Waals surface area contributed by atoms with Crippen LogP contribution < -0.4 is 0 Å². The molecule has 0 aliphatic heterocycles. The second-order valence-electron chi connectivity index (χ2n) is 6.65. The van der Waals surface area contributed by atoms with E-state index in [1.54, 1.807) is 6.07 Å². The molecule has 0 radical (unpaired) electrons. The number of hydrogen-bond acceptors (Lipinski definition) is 0. The fraction of sp³-hybridized carbons (Fsp3) is 0.333. The summed E-state index contributed by atoms with van der Waals surface area (Å²) in [6.45, 7) is 5.21. The molecule has 1 aliphatic rings. The van der Waals surface area contributed by atoms with Crippen molar-refractivity contribution in [2.24, 2.45) is 5.92 Å². The van der Waals surface area contributed by atoms with E-state index in [0.717, 1.165) is 31.2 Å². The first kappa shape index (κ1) is 16.8. The summed E-state index contributed by atoms with van der Waals surface area (Å²) in [4.78, 5) is 0. The van der Waals surface area contributed by atoms with Gasteiger partial charge in [-0.15, -0.1) is 6.58 Å². The highest BCUT2D eigenvalue weighted by atomic mass is 19.1. The van der Waals surface area contributed by atoms with Gasteiger partial charge >= 0.3 is 0 Å². The molecule has 24 heavy (non-hydrogen) atoms. The standard InChI is InChI=1S/C21H21F3/c1-3-14-4-6-15(7-5-14)16-8-9-18(21(24)10-16)17-11-19(22)13(2)20(23)12-17/h3,8-12,14-15H,1,4-7H2,2H3. The third-order valence-corrected chi connectivity index (χ3v) is 5.16. The van der Waals surface area contributed by atoms with Gasteiger partial charge in [0.15, 0.2) is 0 Å². The summed E-state index contributed by atoms with van der Waals surface area (Å²) in [5.41, 5.74) is 1.38. The molecule has 2 aromatic carbocycles. The van der Waals surface area contributed by atoms with Crippen molar-refractivity contribution in [3.05, 3.63) is 71.6 Å². The Labute approximate surface area is 141 Å². The molecule has 0 unspecified atom stereocenters. The van der Waals surface area contributed by atoms with Gasteiger partial charge in [-0.1, -0.05) is 18.2 Å². The van der Waals surface area contributed by atoms with Crippen LogP contribution in [0.2, 0.25) is 0 Å². The van der Waals surface area contributed by atoms with E-state index in [1.165, 1.54) is 25.1 Å². The molecule has 0 atom stereocenters. The molecule has 0 aromatic heterocycles. The van der Waals surface area contributed by atoms with Crippen molar-refractivity contribution >= 4 is 0 Å². The molecule has 0 bridgehead atoms. The highest BCUT2D eigenvalue weighted by Gasteiger charge is 2.21. The van der Waals surface area contributed by atoms with Gasteiger partial charge in [-0.3, -0.25) is 0 Å². The number of rotatable bonds is 3. The topological polar surface area (TPSA) is 0 Å². The Hall–Kier alpha value is -2.03. The van der Waals surface area contributed by atoms with Gasteiger partial charge in [0.2, 0.25) is 0 Å². The maximum Gasteiger partial charge on any atom is 0.131 e. The zero-order valence-electron chi connectivity index (χ0n) is 13.8. The Morgan fingerprint density at radius 3 is 2.08 bits per heavy atom. The largest absolute Gasteiger partial charge is 0.207 e.